The zero-order chi connectivity index (χ0) is 24.6. The van der Waals surface area contributed by atoms with Gasteiger partial charge in [0.25, 0.3) is 0 Å². The van der Waals surface area contributed by atoms with Gasteiger partial charge in [-0.25, -0.2) is 8.42 Å². The number of amides is 2. The SMILES string of the molecule is CNC(=O)C(C)N(Cc1ccc(C)cc1)C(=O)CCCN(c1cccc(OC)c1)S(C)(=O)=O. The number of carbonyl (C=O) groups is 2. The number of aryl methyl sites for hydroxylation is 1. The quantitative estimate of drug-likeness (QED) is 0.539. The zero-order valence-corrected chi connectivity index (χ0v) is 20.7. The van der Waals surface area contributed by atoms with Crippen molar-refractivity contribution >= 4 is 27.5 Å². The van der Waals surface area contributed by atoms with Crippen LogP contribution in [0.3, 0.4) is 0 Å². The summed E-state index contributed by atoms with van der Waals surface area (Å²) in [4.78, 5) is 26.9. The van der Waals surface area contributed by atoms with E-state index < -0.39 is 16.1 Å². The van der Waals surface area contributed by atoms with Gasteiger partial charge in [0, 0.05) is 32.6 Å². The smallest absolute Gasteiger partial charge is 0.242 e. The number of nitrogens with one attached hydrogen (secondary N) is 1. The number of anilines is 1. The second-order valence-corrected chi connectivity index (χ2v) is 9.84. The molecule has 2 aromatic rings. The Bertz CT molecular complexity index is 1050. The maximum absolute atomic E-state index is 13.1. The van der Waals surface area contributed by atoms with Gasteiger partial charge in [0.15, 0.2) is 0 Å². The number of hydrogen-bond acceptors (Lipinski definition) is 5. The summed E-state index contributed by atoms with van der Waals surface area (Å²) in [7, 11) is -0.513. The summed E-state index contributed by atoms with van der Waals surface area (Å²) < 4.78 is 31.2. The summed E-state index contributed by atoms with van der Waals surface area (Å²) in [6.45, 7) is 4.09. The number of likely N-dealkylation sites (N-methyl/N-ethyl adjacent to an activating group) is 1. The molecule has 8 nitrogen and oxygen atoms in total. The van der Waals surface area contributed by atoms with Crippen LogP contribution in [0, 0.1) is 6.92 Å². The average Bonchev–Trinajstić information content (AvgIpc) is 2.79. The van der Waals surface area contributed by atoms with Crippen molar-refractivity contribution in [3.8, 4) is 5.75 Å². The van der Waals surface area contributed by atoms with Crippen LogP contribution in [-0.4, -0.2) is 58.1 Å². The fourth-order valence-corrected chi connectivity index (χ4v) is 4.41. The number of carbonyl (C=O) groups excluding carboxylic acids is 2. The van der Waals surface area contributed by atoms with Crippen molar-refractivity contribution in [3.05, 3.63) is 59.7 Å². The summed E-state index contributed by atoms with van der Waals surface area (Å²) in [5.74, 6) is 0.0660. The highest BCUT2D eigenvalue weighted by Gasteiger charge is 2.26. The highest BCUT2D eigenvalue weighted by molar-refractivity contribution is 7.92. The number of rotatable bonds is 11. The molecule has 0 aliphatic heterocycles. The molecular formula is C24H33N3O5S. The topological polar surface area (TPSA) is 96.0 Å². The van der Waals surface area contributed by atoms with Crippen LogP contribution in [0.2, 0.25) is 0 Å². The first-order valence-corrected chi connectivity index (χ1v) is 12.6. The summed E-state index contributed by atoms with van der Waals surface area (Å²) in [6.07, 6.45) is 1.53. The minimum absolute atomic E-state index is 0.100. The molecule has 2 aromatic carbocycles. The number of nitrogens with zero attached hydrogens (tertiary/aromatic N) is 2. The molecule has 0 saturated carbocycles. The molecule has 2 rings (SSSR count). The summed E-state index contributed by atoms with van der Waals surface area (Å²) in [5, 5.41) is 2.59. The van der Waals surface area contributed by atoms with E-state index in [9.17, 15) is 18.0 Å². The lowest BCUT2D eigenvalue weighted by Gasteiger charge is -2.29. The molecule has 9 heteroatoms. The van der Waals surface area contributed by atoms with Crippen LogP contribution in [0.25, 0.3) is 0 Å². The van der Waals surface area contributed by atoms with E-state index in [1.54, 1.807) is 31.2 Å². The highest BCUT2D eigenvalue weighted by atomic mass is 32.2. The van der Waals surface area contributed by atoms with E-state index in [1.165, 1.54) is 23.4 Å². The monoisotopic (exact) mass is 475 g/mol. The van der Waals surface area contributed by atoms with Crippen LogP contribution in [0.1, 0.15) is 30.9 Å². The van der Waals surface area contributed by atoms with Gasteiger partial charge in [-0.15, -0.1) is 0 Å². The second-order valence-electron chi connectivity index (χ2n) is 7.94. The van der Waals surface area contributed by atoms with Gasteiger partial charge in [-0.1, -0.05) is 35.9 Å². The first-order chi connectivity index (χ1) is 15.6. The maximum atomic E-state index is 13.1. The summed E-state index contributed by atoms with van der Waals surface area (Å²) >= 11 is 0. The molecule has 33 heavy (non-hydrogen) atoms. The molecule has 1 unspecified atom stereocenters. The molecule has 0 radical (unpaired) electrons. The van der Waals surface area contributed by atoms with Crippen LogP contribution in [0.4, 0.5) is 5.69 Å². The lowest BCUT2D eigenvalue weighted by molar-refractivity contribution is -0.140. The Balaban J connectivity index is 2.14. The van der Waals surface area contributed by atoms with Crippen LogP contribution >= 0.6 is 0 Å². The van der Waals surface area contributed by atoms with Gasteiger partial charge in [-0.3, -0.25) is 13.9 Å². The van der Waals surface area contributed by atoms with Crippen LogP contribution < -0.4 is 14.4 Å². The molecule has 0 spiro atoms. The van der Waals surface area contributed by atoms with E-state index in [4.69, 9.17) is 4.74 Å². The van der Waals surface area contributed by atoms with Crippen LogP contribution in [-0.2, 0) is 26.2 Å². The molecule has 0 saturated heterocycles. The van der Waals surface area contributed by atoms with Gasteiger partial charge < -0.3 is 15.0 Å². The molecule has 1 atom stereocenters. The minimum atomic E-state index is -3.56. The molecular weight excluding hydrogens is 442 g/mol. The maximum Gasteiger partial charge on any atom is 0.242 e. The molecule has 0 aromatic heterocycles. The van der Waals surface area contributed by atoms with E-state index in [0.29, 0.717) is 24.4 Å². The minimum Gasteiger partial charge on any atom is -0.497 e. The Hall–Kier alpha value is -3.07. The van der Waals surface area contributed by atoms with Crippen molar-refractivity contribution in [2.45, 2.75) is 39.3 Å². The van der Waals surface area contributed by atoms with Gasteiger partial charge in [0.1, 0.15) is 11.8 Å². The fraction of sp³-hybridized carbons (Fsp3) is 0.417. The fourth-order valence-electron chi connectivity index (χ4n) is 3.45. The van der Waals surface area contributed by atoms with Crippen molar-refractivity contribution in [2.24, 2.45) is 0 Å². The van der Waals surface area contributed by atoms with Crippen LogP contribution in [0.15, 0.2) is 48.5 Å². The van der Waals surface area contributed by atoms with Crippen LogP contribution in [0.5, 0.6) is 5.75 Å². The molecule has 2 amide bonds. The lowest BCUT2D eigenvalue weighted by atomic mass is 10.1. The third kappa shape index (κ3) is 7.49. The van der Waals surface area contributed by atoms with Gasteiger partial charge >= 0.3 is 0 Å². The van der Waals surface area contributed by atoms with Gasteiger partial charge in [0.2, 0.25) is 21.8 Å². The Morgan fingerprint density at radius 1 is 1.12 bits per heavy atom. The van der Waals surface area contributed by atoms with Gasteiger partial charge in [-0.05, 0) is 38.0 Å². The molecule has 0 bridgehead atoms. The number of hydrogen-bond donors (Lipinski definition) is 1. The zero-order valence-electron chi connectivity index (χ0n) is 19.9. The van der Waals surface area contributed by atoms with Crippen molar-refractivity contribution < 1.29 is 22.7 Å². The van der Waals surface area contributed by atoms with E-state index in [-0.39, 0.29) is 24.8 Å². The lowest BCUT2D eigenvalue weighted by Crippen LogP contribution is -2.46. The van der Waals surface area contributed by atoms with Gasteiger partial charge in [-0.2, -0.15) is 0 Å². The second kappa shape index (κ2) is 11.7. The summed E-state index contributed by atoms with van der Waals surface area (Å²) in [6, 6.07) is 13.9. The van der Waals surface area contributed by atoms with E-state index in [2.05, 4.69) is 5.32 Å². The number of methoxy groups -OCH3 is 1. The third-order valence-corrected chi connectivity index (χ3v) is 6.57. The van der Waals surface area contributed by atoms with E-state index in [1.807, 2.05) is 31.2 Å². The number of benzene rings is 2. The Labute approximate surface area is 196 Å². The van der Waals surface area contributed by atoms with E-state index >= 15 is 0 Å². The first-order valence-electron chi connectivity index (χ1n) is 10.7. The molecule has 0 heterocycles. The Morgan fingerprint density at radius 3 is 2.36 bits per heavy atom. The van der Waals surface area contributed by atoms with Crippen molar-refractivity contribution in [3.63, 3.8) is 0 Å². The molecule has 0 aliphatic carbocycles. The van der Waals surface area contributed by atoms with E-state index in [0.717, 1.165) is 17.4 Å². The third-order valence-electron chi connectivity index (χ3n) is 5.38. The molecule has 180 valence electrons. The first kappa shape index (κ1) is 26.2. The molecule has 1 N–H and O–H groups in total. The predicted octanol–water partition coefficient (Wildman–Crippen LogP) is 2.71. The van der Waals surface area contributed by atoms with Gasteiger partial charge in [0.05, 0.1) is 19.1 Å². The highest BCUT2D eigenvalue weighted by Crippen LogP contribution is 2.24. The average molecular weight is 476 g/mol. The molecule has 0 aliphatic rings. The predicted molar refractivity (Wildman–Crippen MR) is 130 cm³/mol. The Morgan fingerprint density at radius 2 is 1.79 bits per heavy atom. The normalized spacial score (nSPS) is 12.0. The molecule has 0 fully saturated rings. The Kier molecular flexibility index (Phi) is 9.28. The number of ether oxygens (including phenoxy) is 1. The van der Waals surface area contributed by atoms with Crippen molar-refractivity contribution in [1.29, 1.82) is 0 Å². The van der Waals surface area contributed by atoms with Crippen molar-refractivity contribution in [1.82, 2.24) is 10.2 Å². The summed E-state index contributed by atoms with van der Waals surface area (Å²) in [5.41, 5.74) is 2.49. The standard InChI is InChI=1S/C24H33N3O5S/c1-18-11-13-20(14-12-18)17-26(19(2)24(29)25-3)23(28)10-7-15-27(33(5,30)31)21-8-6-9-22(16-21)32-4/h6,8-9,11-14,16,19H,7,10,15,17H2,1-5H3,(H,25,29). The van der Waals surface area contributed by atoms with Crippen molar-refractivity contribution in [2.75, 3.05) is 31.3 Å². The number of sulfonamides is 1. The largest absolute Gasteiger partial charge is 0.497 e.